The van der Waals surface area contributed by atoms with Gasteiger partial charge in [0.2, 0.25) is 0 Å². The van der Waals surface area contributed by atoms with E-state index in [4.69, 9.17) is 0 Å². The van der Waals surface area contributed by atoms with Gasteiger partial charge in [0, 0.05) is 0 Å². The Morgan fingerprint density at radius 1 is 1.10 bits per heavy atom. The Morgan fingerprint density at radius 2 is 1.40 bits per heavy atom. The molecule has 0 aliphatic heterocycles. The third kappa shape index (κ3) is 2.72. The van der Waals surface area contributed by atoms with Crippen molar-refractivity contribution in [3.05, 3.63) is 0 Å². The molecule has 0 aromatic rings. The molecule has 0 aromatic carbocycles. The van der Waals surface area contributed by atoms with Gasteiger partial charge in [0.1, 0.15) is 0 Å². The molecule has 0 N–H and O–H groups in total. The first-order chi connectivity index (χ1) is 4.63. The van der Waals surface area contributed by atoms with Gasteiger partial charge in [0.25, 0.3) is 0 Å². The van der Waals surface area contributed by atoms with Crippen LogP contribution in [0, 0.1) is 0 Å². The SMILES string of the molecule is CCN(C)C(=[Se])N(C)CC. The van der Waals surface area contributed by atoms with Crippen LogP contribution in [0.25, 0.3) is 0 Å². The molecular formula is C7H16N2Se. The molecule has 60 valence electrons. The van der Waals surface area contributed by atoms with Gasteiger partial charge in [0.05, 0.1) is 0 Å². The van der Waals surface area contributed by atoms with E-state index < -0.39 is 0 Å². The van der Waals surface area contributed by atoms with Gasteiger partial charge in [-0.2, -0.15) is 0 Å². The predicted molar refractivity (Wildman–Crippen MR) is 47.4 cm³/mol. The van der Waals surface area contributed by atoms with E-state index in [9.17, 15) is 0 Å². The van der Waals surface area contributed by atoms with Crippen LogP contribution in [-0.4, -0.2) is 57.2 Å². The number of rotatable bonds is 4. The molecule has 0 heterocycles. The van der Waals surface area contributed by atoms with Crippen molar-refractivity contribution in [2.75, 3.05) is 27.2 Å². The molecular weight excluding hydrogens is 191 g/mol. The van der Waals surface area contributed by atoms with E-state index in [1.807, 2.05) is 0 Å². The van der Waals surface area contributed by atoms with Gasteiger partial charge in [-0.25, -0.2) is 0 Å². The van der Waals surface area contributed by atoms with Crippen molar-refractivity contribution < 1.29 is 0 Å². The molecule has 0 saturated heterocycles. The second-order valence-electron chi connectivity index (χ2n) is 2.31. The molecule has 0 aliphatic rings. The summed E-state index contributed by atoms with van der Waals surface area (Å²) in [6.45, 7) is 6.38. The molecule has 2 nitrogen and oxygen atoms in total. The standard InChI is InChI=1S/C7H16N2Se/c1-5-8(3)7(10)9(4)6-2/h5-6H2,1-4H3. The molecule has 0 radical (unpaired) electrons. The molecule has 0 atom stereocenters. The van der Waals surface area contributed by atoms with E-state index in [0.29, 0.717) is 0 Å². The minimum absolute atomic E-state index is 1.05. The first kappa shape index (κ1) is 9.99. The normalized spacial score (nSPS) is 9.20. The molecule has 10 heavy (non-hydrogen) atoms. The van der Waals surface area contributed by atoms with Crippen LogP contribution in [0.2, 0.25) is 0 Å². The van der Waals surface area contributed by atoms with Gasteiger partial charge in [-0.15, -0.1) is 0 Å². The van der Waals surface area contributed by atoms with Gasteiger partial charge in [-0.1, -0.05) is 0 Å². The van der Waals surface area contributed by atoms with Crippen LogP contribution in [0.15, 0.2) is 0 Å². The second-order valence-corrected chi connectivity index (χ2v) is 3.08. The fourth-order valence-electron chi connectivity index (χ4n) is 0.562. The van der Waals surface area contributed by atoms with E-state index in [2.05, 4.69) is 53.3 Å². The van der Waals surface area contributed by atoms with E-state index in [-0.39, 0.29) is 0 Å². The van der Waals surface area contributed by atoms with E-state index >= 15 is 0 Å². The monoisotopic (exact) mass is 208 g/mol. The fraction of sp³-hybridized carbons (Fsp3) is 0.857. The zero-order valence-corrected chi connectivity index (χ0v) is 8.93. The Hall–Kier alpha value is -0.0105. The Kier molecular flexibility index (Phi) is 4.75. The predicted octanol–water partition coefficient (Wildman–Crippen LogP) is 0.146. The van der Waals surface area contributed by atoms with Crippen molar-refractivity contribution in [1.29, 1.82) is 0 Å². The molecule has 3 heteroatoms. The van der Waals surface area contributed by atoms with Crippen LogP contribution >= 0.6 is 0 Å². The Morgan fingerprint density at radius 3 is 1.60 bits per heavy atom. The average molecular weight is 207 g/mol. The Labute approximate surface area is 71.5 Å². The molecule has 0 aromatic heterocycles. The van der Waals surface area contributed by atoms with Gasteiger partial charge in [-0.05, 0) is 0 Å². The van der Waals surface area contributed by atoms with Crippen molar-refractivity contribution in [2.24, 2.45) is 0 Å². The van der Waals surface area contributed by atoms with Crippen molar-refractivity contribution in [2.45, 2.75) is 13.8 Å². The van der Waals surface area contributed by atoms with Crippen LogP contribution in [0.1, 0.15) is 13.8 Å². The second kappa shape index (κ2) is 4.75. The van der Waals surface area contributed by atoms with Crippen molar-refractivity contribution in [3.8, 4) is 0 Å². The van der Waals surface area contributed by atoms with E-state index in [1.54, 1.807) is 0 Å². The van der Waals surface area contributed by atoms with Gasteiger partial charge >= 0.3 is 71.1 Å². The third-order valence-corrected chi connectivity index (χ3v) is 2.91. The molecule has 0 spiro atoms. The summed E-state index contributed by atoms with van der Waals surface area (Å²) in [5.74, 6) is 0. The quantitative estimate of drug-likeness (QED) is 0.605. The molecule has 0 aliphatic carbocycles. The van der Waals surface area contributed by atoms with Crippen LogP contribution in [-0.2, 0) is 0 Å². The summed E-state index contributed by atoms with van der Waals surface area (Å²) in [4.78, 5) is 4.37. The van der Waals surface area contributed by atoms with Crippen LogP contribution < -0.4 is 0 Å². The zero-order chi connectivity index (χ0) is 8.15. The van der Waals surface area contributed by atoms with Crippen molar-refractivity contribution in [1.82, 2.24) is 9.80 Å². The topological polar surface area (TPSA) is 6.48 Å². The van der Waals surface area contributed by atoms with Gasteiger partial charge in [0.15, 0.2) is 0 Å². The first-order valence-electron chi connectivity index (χ1n) is 3.59. The van der Waals surface area contributed by atoms with E-state index in [1.165, 1.54) is 4.67 Å². The molecule has 0 rings (SSSR count). The Bertz CT molecular complexity index is 102. The Balaban J connectivity index is 3.82. The summed E-state index contributed by atoms with van der Waals surface area (Å²) >= 11 is 3.05. The maximum atomic E-state index is 3.05. The third-order valence-electron chi connectivity index (χ3n) is 1.60. The van der Waals surface area contributed by atoms with Crippen LogP contribution in [0.4, 0.5) is 0 Å². The molecule has 0 amide bonds. The first-order valence-corrected chi connectivity index (χ1v) is 4.45. The summed E-state index contributed by atoms with van der Waals surface area (Å²) in [6.07, 6.45) is 0. The van der Waals surface area contributed by atoms with Gasteiger partial charge in [-0.3, -0.25) is 0 Å². The maximum absolute atomic E-state index is 3.05. The average Bonchev–Trinajstić information content (AvgIpc) is 2.00. The summed E-state index contributed by atoms with van der Waals surface area (Å²) in [5.41, 5.74) is 0. The molecule has 0 bridgehead atoms. The number of hydrogen-bond acceptors (Lipinski definition) is 2. The number of nitrogens with zero attached hydrogens (tertiary/aromatic N) is 2. The minimum atomic E-state index is 1.05. The molecule has 0 fully saturated rings. The van der Waals surface area contributed by atoms with Crippen molar-refractivity contribution >= 4 is 20.2 Å². The van der Waals surface area contributed by atoms with E-state index in [0.717, 1.165) is 13.1 Å². The fourth-order valence-corrected chi connectivity index (χ4v) is 1.10. The summed E-state index contributed by atoms with van der Waals surface area (Å²) in [5, 5.41) is 0. The summed E-state index contributed by atoms with van der Waals surface area (Å²) < 4.78 is 1.21. The summed E-state index contributed by atoms with van der Waals surface area (Å²) in [6, 6.07) is 0. The van der Waals surface area contributed by atoms with Gasteiger partial charge < -0.3 is 0 Å². The van der Waals surface area contributed by atoms with Crippen LogP contribution in [0.5, 0.6) is 0 Å². The summed E-state index contributed by atoms with van der Waals surface area (Å²) in [7, 11) is 4.16. The van der Waals surface area contributed by atoms with Crippen LogP contribution in [0.3, 0.4) is 0 Å². The number of hydrogen-bond donors (Lipinski definition) is 0. The molecule has 0 saturated carbocycles. The van der Waals surface area contributed by atoms with Crippen molar-refractivity contribution in [3.63, 3.8) is 0 Å². The zero-order valence-electron chi connectivity index (χ0n) is 7.22. The molecule has 0 unspecified atom stereocenters.